The molecule has 0 bridgehead atoms. The van der Waals surface area contributed by atoms with Gasteiger partial charge in [0, 0.05) is 0 Å². The van der Waals surface area contributed by atoms with Crippen LogP contribution in [-0.2, 0) is 14.4 Å². The van der Waals surface area contributed by atoms with E-state index in [1.165, 1.54) is 0 Å². The van der Waals surface area contributed by atoms with Crippen LogP contribution in [0.25, 0.3) is 0 Å². The number of rotatable bonds is 2. The maximum absolute atomic E-state index is 10.9. The maximum atomic E-state index is 10.9. The molecular weight excluding hydrogens is 152 g/mol. The number of hydroxylamine groups is 2. The molecule has 0 unspecified atom stereocenters. The summed E-state index contributed by atoms with van der Waals surface area (Å²) in [6, 6.07) is -0.714. The summed E-state index contributed by atoms with van der Waals surface area (Å²) < 4.78 is 0. The standard InChI is InChI=1S/C5H8N2O4/c6-3-2-11-7(5(3)10)1-4(8)9/h3H,1-2,6H2,(H,8,9)/t3-/m1/s1. The van der Waals surface area contributed by atoms with Crippen molar-refractivity contribution in [2.45, 2.75) is 6.04 Å². The average molecular weight is 160 g/mol. The van der Waals surface area contributed by atoms with E-state index in [0.29, 0.717) is 0 Å². The van der Waals surface area contributed by atoms with E-state index in [1.54, 1.807) is 0 Å². The van der Waals surface area contributed by atoms with Crippen LogP contribution in [-0.4, -0.2) is 41.2 Å². The van der Waals surface area contributed by atoms with Crippen molar-refractivity contribution in [2.24, 2.45) is 5.73 Å². The third kappa shape index (κ3) is 1.66. The molecule has 6 heteroatoms. The first-order valence-electron chi connectivity index (χ1n) is 3.03. The SMILES string of the molecule is N[C@@H]1CON(CC(=O)O)C1=O. The quantitative estimate of drug-likeness (QED) is 0.495. The van der Waals surface area contributed by atoms with E-state index in [-0.39, 0.29) is 6.61 Å². The van der Waals surface area contributed by atoms with Crippen LogP contribution in [0.4, 0.5) is 0 Å². The van der Waals surface area contributed by atoms with Crippen LogP contribution in [0.15, 0.2) is 0 Å². The summed E-state index contributed by atoms with van der Waals surface area (Å²) in [5, 5.41) is 9.02. The minimum Gasteiger partial charge on any atom is -0.480 e. The third-order valence-electron chi connectivity index (χ3n) is 1.25. The van der Waals surface area contributed by atoms with Gasteiger partial charge in [0.25, 0.3) is 5.91 Å². The molecule has 0 aliphatic carbocycles. The molecule has 1 fully saturated rings. The molecule has 0 spiro atoms. The van der Waals surface area contributed by atoms with Gasteiger partial charge in [-0.05, 0) is 0 Å². The van der Waals surface area contributed by atoms with Gasteiger partial charge in [-0.2, -0.15) is 0 Å². The number of carbonyl (C=O) groups is 2. The molecule has 1 saturated heterocycles. The summed E-state index contributed by atoms with van der Waals surface area (Å²) in [5.41, 5.74) is 5.24. The molecular formula is C5H8N2O4. The van der Waals surface area contributed by atoms with E-state index in [2.05, 4.69) is 4.84 Å². The molecule has 1 aliphatic heterocycles. The van der Waals surface area contributed by atoms with Crippen LogP contribution in [0.2, 0.25) is 0 Å². The number of amides is 1. The minimum atomic E-state index is -1.12. The van der Waals surface area contributed by atoms with Crippen molar-refractivity contribution >= 4 is 11.9 Å². The van der Waals surface area contributed by atoms with Crippen molar-refractivity contribution in [2.75, 3.05) is 13.2 Å². The number of carboxylic acids is 1. The van der Waals surface area contributed by atoms with Crippen molar-refractivity contribution in [1.82, 2.24) is 5.06 Å². The second kappa shape index (κ2) is 2.85. The Morgan fingerprint density at radius 3 is 2.91 bits per heavy atom. The fourth-order valence-electron chi connectivity index (χ4n) is 0.737. The molecule has 3 N–H and O–H groups in total. The van der Waals surface area contributed by atoms with Crippen molar-refractivity contribution < 1.29 is 19.5 Å². The molecule has 1 atom stereocenters. The molecule has 1 heterocycles. The first-order valence-corrected chi connectivity index (χ1v) is 3.03. The van der Waals surface area contributed by atoms with Gasteiger partial charge in [0.1, 0.15) is 12.6 Å². The van der Waals surface area contributed by atoms with Crippen LogP contribution in [0.3, 0.4) is 0 Å². The lowest BCUT2D eigenvalue weighted by atomic mass is 10.3. The number of nitrogens with zero attached hydrogens (tertiary/aromatic N) is 1. The zero-order valence-corrected chi connectivity index (χ0v) is 5.69. The Bertz CT molecular complexity index is 193. The first-order chi connectivity index (χ1) is 5.11. The zero-order chi connectivity index (χ0) is 8.43. The van der Waals surface area contributed by atoms with Crippen molar-refractivity contribution in [1.29, 1.82) is 0 Å². The van der Waals surface area contributed by atoms with Gasteiger partial charge in [0.15, 0.2) is 0 Å². The Morgan fingerprint density at radius 2 is 2.55 bits per heavy atom. The van der Waals surface area contributed by atoms with Crippen molar-refractivity contribution in [3.63, 3.8) is 0 Å². The highest BCUT2D eigenvalue weighted by molar-refractivity contribution is 5.85. The third-order valence-corrected chi connectivity index (χ3v) is 1.25. The molecule has 1 aliphatic rings. The van der Waals surface area contributed by atoms with Crippen molar-refractivity contribution in [3.05, 3.63) is 0 Å². The zero-order valence-electron chi connectivity index (χ0n) is 5.69. The molecule has 0 aromatic heterocycles. The van der Waals surface area contributed by atoms with Gasteiger partial charge < -0.3 is 10.8 Å². The second-order valence-corrected chi connectivity index (χ2v) is 2.17. The van der Waals surface area contributed by atoms with Crippen LogP contribution >= 0.6 is 0 Å². The number of hydrogen-bond acceptors (Lipinski definition) is 4. The predicted octanol–water partition coefficient (Wildman–Crippen LogP) is -1.83. The normalized spacial score (nSPS) is 24.3. The van der Waals surface area contributed by atoms with Gasteiger partial charge in [-0.1, -0.05) is 0 Å². The van der Waals surface area contributed by atoms with Gasteiger partial charge in [0.05, 0.1) is 6.61 Å². The Kier molecular flexibility index (Phi) is 2.06. The highest BCUT2D eigenvalue weighted by atomic mass is 16.7. The van der Waals surface area contributed by atoms with E-state index >= 15 is 0 Å². The topological polar surface area (TPSA) is 92.9 Å². The lowest BCUT2D eigenvalue weighted by Crippen LogP contribution is -2.36. The number of aliphatic carboxylic acids is 1. The van der Waals surface area contributed by atoms with Gasteiger partial charge in [0.2, 0.25) is 0 Å². The maximum Gasteiger partial charge on any atom is 0.325 e. The fourth-order valence-corrected chi connectivity index (χ4v) is 0.737. The molecule has 1 amide bonds. The lowest BCUT2D eigenvalue weighted by Gasteiger charge is -2.09. The fraction of sp³-hybridized carbons (Fsp3) is 0.600. The Balaban J connectivity index is 2.49. The molecule has 62 valence electrons. The smallest absolute Gasteiger partial charge is 0.325 e. The molecule has 0 radical (unpaired) electrons. The predicted molar refractivity (Wildman–Crippen MR) is 33.3 cm³/mol. The molecule has 11 heavy (non-hydrogen) atoms. The van der Waals surface area contributed by atoms with Crippen LogP contribution in [0.1, 0.15) is 0 Å². The minimum absolute atomic E-state index is 0.0616. The molecule has 0 aromatic rings. The summed E-state index contributed by atoms with van der Waals surface area (Å²) in [6.45, 7) is -0.390. The van der Waals surface area contributed by atoms with E-state index in [9.17, 15) is 9.59 Å². The van der Waals surface area contributed by atoms with Crippen LogP contribution in [0, 0.1) is 0 Å². The Morgan fingerprint density at radius 1 is 1.91 bits per heavy atom. The second-order valence-electron chi connectivity index (χ2n) is 2.17. The number of nitrogens with two attached hydrogens (primary N) is 1. The molecule has 0 saturated carbocycles. The van der Waals surface area contributed by atoms with E-state index < -0.39 is 24.5 Å². The largest absolute Gasteiger partial charge is 0.480 e. The Labute approximate surface area is 62.5 Å². The van der Waals surface area contributed by atoms with Crippen molar-refractivity contribution in [3.8, 4) is 0 Å². The van der Waals surface area contributed by atoms with Crippen LogP contribution < -0.4 is 5.73 Å². The molecule has 6 nitrogen and oxygen atoms in total. The summed E-state index contributed by atoms with van der Waals surface area (Å²) in [7, 11) is 0. The van der Waals surface area contributed by atoms with Gasteiger partial charge in [-0.3, -0.25) is 14.4 Å². The average Bonchev–Trinajstić information content (AvgIpc) is 2.18. The summed E-state index contributed by atoms with van der Waals surface area (Å²) >= 11 is 0. The molecule has 1 rings (SSSR count). The van der Waals surface area contributed by atoms with Crippen LogP contribution in [0.5, 0.6) is 0 Å². The van der Waals surface area contributed by atoms with Gasteiger partial charge in [-0.25, -0.2) is 5.06 Å². The number of hydrogen-bond donors (Lipinski definition) is 2. The van der Waals surface area contributed by atoms with Gasteiger partial charge in [-0.15, -0.1) is 0 Å². The highest BCUT2D eigenvalue weighted by Gasteiger charge is 2.31. The first kappa shape index (κ1) is 7.96. The summed E-state index contributed by atoms with van der Waals surface area (Å²) in [5.74, 6) is -1.60. The number of carbonyl (C=O) groups excluding carboxylic acids is 1. The van der Waals surface area contributed by atoms with E-state index in [1.807, 2.05) is 0 Å². The summed E-state index contributed by atoms with van der Waals surface area (Å²) in [4.78, 5) is 25.6. The monoisotopic (exact) mass is 160 g/mol. The highest BCUT2D eigenvalue weighted by Crippen LogP contribution is 2.04. The van der Waals surface area contributed by atoms with E-state index in [4.69, 9.17) is 10.8 Å². The Hall–Kier alpha value is -1.14. The number of carboxylic acid groups (broad SMARTS) is 1. The van der Waals surface area contributed by atoms with Gasteiger partial charge >= 0.3 is 5.97 Å². The van der Waals surface area contributed by atoms with E-state index in [0.717, 1.165) is 5.06 Å². The lowest BCUT2D eigenvalue weighted by molar-refractivity contribution is -0.171. The summed E-state index contributed by atoms with van der Waals surface area (Å²) in [6.07, 6.45) is 0. The molecule has 0 aromatic carbocycles.